The van der Waals surface area contributed by atoms with Gasteiger partial charge in [0, 0.05) is 17.2 Å². The van der Waals surface area contributed by atoms with Crippen molar-refractivity contribution < 1.29 is 19.1 Å². The molecule has 4 aromatic heterocycles. The van der Waals surface area contributed by atoms with Gasteiger partial charge in [-0.15, -0.1) is 22.7 Å². The Morgan fingerprint density at radius 2 is 1.25 bits per heavy atom. The lowest BCUT2D eigenvalue weighted by Crippen LogP contribution is -2.20. The van der Waals surface area contributed by atoms with Crippen LogP contribution in [0.2, 0.25) is 0 Å². The molecular weight excluding hydrogens is 541 g/mol. The molecule has 5 heterocycles. The standard InChI is InChI=1S/C22H22N6O4S4/c1-5-31-16(29)14-10-7-11-15(17(30)32-6-2)36-21(24-11)28-19-26-13(9-34-19)22(3,4)12-8-33-18(25-12)27-20(23-10)35-14/h8-9H,5-7H2,1-4H3,(H,23,25,27)(H,24,26,28). The summed E-state index contributed by atoms with van der Waals surface area (Å²) in [4.78, 5) is 45.0. The van der Waals surface area contributed by atoms with Crippen molar-refractivity contribution >= 4 is 77.8 Å². The van der Waals surface area contributed by atoms with Crippen LogP contribution >= 0.6 is 45.3 Å². The summed E-state index contributed by atoms with van der Waals surface area (Å²) in [6.45, 7) is 8.10. The lowest BCUT2D eigenvalue weighted by atomic mass is 9.87. The zero-order valence-electron chi connectivity index (χ0n) is 19.8. The van der Waals surface area contributed by atoms with Gasteiger partial charge < -0.3 is 20.1 Å². The maximum Gasteiger partial charge on any atom is 0.350 e. The number of nitrogens with zero attached hydrogens (tertiary/aromatic N) is 4. The van der Waals surface area contributed by atoms with Gasteiger partial charge in [-0.3, -0.25) is 0 Å². The van der Waals surface area contributed by atoms with Crippen LogP contribution in [-0.2, 0) is 21.3 Å². The average Bonchev–Trinajstić information content (AvgIpc) is 3.62. The lowest BCUT2D eigenvalue weighted by molar-refractivity contribution is 0.0522. The summed E-state index contributed by atoms with van der Waals surface area (Å²) in [5.74, 6) is -0.948. The fraction of sp³-hybridized carbons (Fsp3) is 0.364. The van der Waals surface area contributed by atoms with E-state index in [2.05, 4.69) is 34.4 Å². The average molecular weight is 563 g/mol. The Labute approximate surface area is 222 Å². The molecule has 0 aromatic carbocycles. The highest BCUT2D eigenvalue weighted by molar-refractivity contribution is 7.19. The molecule has 188 valence electrons. The molecule has 0 saturated carbocycles. The van der Waals surface area contributed by atoms with Gasteiger partial charge in [-0.05, 0) is 27.7 Å². The summed E-state index contributed by atoms with van der Waals surface area (Å²) in [5, 5.41) is 12.7. The van der Waals surface area contributed by atoms with E-state index in [4.69, 9.17) is 19.4 Å². The van der Waals surface area contributed by atoms with Gasteiger partial charge >= 0.3 is 11.9 Å². The van der Waals surface area contributed by atoms with Crippen molar-refractivity contribution in [2.24, 2.45) is 0 Å². The molecule has 1 aliphatic rings. The fourth-order valence-corrected chi connectivity index (χ4v) is 7.10. The van der Waals surface area contributed by atoms with Crippen LogP contribution in [0.5, 0.6) is 0 Å². The predicted molar refractivity (Wildman–Crippen MR) is 142 cm³/mol. The van der Waals surface area contributed by atoms with E-state index < -0.39 is 17.4 Å². The van der Waals surface area contributed by atoms with Gasteiger partial charge in [0.05, 0.1) is 41.4 Å². The molecule has 4 aromatic rings. The number of hydrogen-bond acceptors (Lipinski definition) is 14. The normalized spacial score (nSPS) is 14.0. The van der Waals surface area contributed by atoms with E-state index in [-0.39, 0.29) is 19.6 Å². The zero-order chi connectivity index (χ0) is 25.4. The lowest BCUT2D eigenvalue weighted by Gasteiger charge is -2.19. The third-order valence-electron chi connectivity index (χ3n) is 5.37. The van der Waals surface area contributed by atoms with Crippen LogP contribution in [0.4, 0.5) is 20.5 Å². The second-order valence-corrected chi connectivity index (χ2v) is 11.9. The molecule has 5 rings (SSSR count). The van der Waals surface area contributed by atoms with Crippen molar-refractivity contribution in [3.63, 3.8) is 0 Å². The Hall–Kier alpha value is -2.94. The first-order chi connectivity index (χ1) is 17.3. The number of rotatable bonds is 4. The summed E-state index contributed by atoms with van der Waals surface area (Å²) in [6.07, 6.45) is 0.151. The molecule has 0 aliphatic carbocycles. The summed E-state index contributed by atoms with van der Waals surface area (Å²) < 4.78 is 10.5. The number of esters is 2. The quantitative estimate of drug-likeness (QED) is 0.304. The van der Waals surface area contributed by atoms with Crippen LogP contribution in [0.3, 0.4) is 0 Å². The number of aromatic nitrogens is 4. The van der Waals surface area contributed by atoms with Crippen LogP contribution in [0.25, 0.3) is 0 Å². The van der Waals surface area contributed by atoms with Crippen molar-refractivity contribution in [2.45, 2.75) is 39.5 Å². The molecule has 2 N–H and O–H groups in total. The first-order valence-electron chi connectivity index (χ1n) is 11.1. The van der Waals surface area contributed by atoms with E-state index in [0.29, 0.717) is 41.7 Å². The van der Waals surface area contributed by atoms with Crippen LogP contribution in [0.15, 0.2) is 10.8 Å². The molecular formula is C22H22N6O4S4. The number of carbonyl (C=O) groups excluding carboxylic acids is 2. The molecule has 0 fully saturated rings. The SMILES string of the molecule is CCOC(=O)c1sc2nc1Cc1nc(sc1C(=O)OCC)Nc1nc(cs1)C(C)(C)c1csc(n1)N2. The Morgan fingerprint density at radius 1 is 0.806 bits per heavy atom. The van der Waals surface area contributed by atoms with Gasteiger partial charge in [-0.25, -0.2) is 29.5 Å². The van der Waals surface area contributed by atoms with Gasteiger partial charge in [0.2, 0.25) is 0 Å². The molecule has 0 spiro atoms. The molecule has 36 heavy (non-hydrogen) atoms. The van der Waals surface area contributed by atoms with Crippen molar-refractivity contribution in [2.75, 3.05) is 23.8 Å². The number of nitrogens with one attached hydrogen (secondary N) is 2. The number of anilines is 4. The third-order valence-corrected chi connectivity index (χ3v) is 8.87. The van der Waals surface area contributed by atoms with Crippen LogP contribution in [0.1, 0.15) is 69.8 Å². The van der Waals surface area contributed by atoms with Crippen molar-refractivity contribution in [3.8, 4) is 0 Å². The van der Waals surface area contributed by atoms with Gasteiger partial charge in [-0.1, -0.05) is 22.7 Å². The predicted octanol–water partition coefficient (Wildman–Crippen LogP) is 5.58. The first-order valence-corrected chi connectivity index (χ1v) is 14.5. The summed E-state index contributed by atoms with van der Waals surface area (Å²) >= 11 is 5.27. The Kier molecular flexibility index (Phi) is 6.76. The van der Waals surface area contributed by atoms with Gasteiger partial charge in [0.25, 0.3) is 0 Å². The van der Waals surface area contributed by atoms with E-state index in [0.717, 1.165) is 11.4 Å². The maximum atomic E-state index is 12.7. The number of ether oxygens (including phenoxy) is 2. The summed E-state index contributed by atoms with van der Waals surface area (Å²) in [6, 6.07) is 0. The molecule has 0 saturated heterocycles. The van der Waals surface area contributed by atoms with Crippen molar-refractivity contribution in [1.82, 2.24) is 19.9 Å². The molecule has 0 unspecified atom stereocenters. The molecule has 10 nitrogen and oxygen atoms in total. The molecule has 14 heteroatoms. The molecule has 0 atom stereocenters. The highest BCUT2D eigenvalue weighted by Crippen LogP contribution is 2.38. The Bertz CT molecular complexity index is 1330. The molecule has 0 radical (unpaired) electrons. The molecule has 0 amide bonds. The minimum atomic E-state index is -0.474. The van der Waals surface area contributed by atoms with E-state index in [1.807, 2.05) is 10.8 Å². The van der Waals surface area contributed by atoms with E-state index >= 15 is 0 Å². The topological polar surface area (TPSA) is 128 Å². The van der Waals surface area contributed by atoms with Gasteiger partial charge in [0.15, 0.2) is 20.5 Å². The maximum absolute atomic E-state index is 12.7. The Morgan fingerprint density at radius 3 is 1.67 bits per heavy atom. The van der Waals surface area contributed by atoms with Gasteiger partial charge in [-0.2, -0.15) is 0 Å². The second kappa shape index (κ2) is 9.84. The van der Waals surface area contributed by atoms with Crippen molar-refractivity contribution in [3.05, 3.63) is 43.3 Å². The van der Waals surface area contributed by atoms with Gasteiger partial charge in [0.1, 0.15) is 9.75 Å². The van der Waals surface area contributed by atoms with Crippen LogP contribution < -0.4 is 10.6 Å². The largest absolute Gasteiger partial charge is 0.462 e. The van der Waals surface area contributed by atoms with Crippen LogP contribution in [0, 0.1) is 0 Å². The highest BCUT2D eigenvalue weighted by atomic mass is 32.1. The summed E-state index contributed by atoms with van der Waals surface area (Å²) in [5.41, 5.74) is 2.20. The van der Waals surface area contributed by atoms with Crippen LogP contribution in [-0.4, -0.2) is 45.1 Å². The summed E-state index contributed by atoms with van der Waals surface area (Å²) in [7, 11) is 0. The second-order valence-electron chi connectivity index (χ2n) is 8.16. The third kappa shape index (κ3) is 4.73. The highest BCUT2D eigenvalue weighted by Gasteiger charge is 2.31. The number of thiazole rings is 4. The number of hydrogen-bond donors (Lipinski definition) is 2. The zero-order valence-corrected chi connectivity index (χ0v) is 23.1. The molecule has 8 bridgehead atoms. The first kappa shape index (κ1) is 24.7. The van der Waals surface area contributed by atoms with E-state index in [1.54, 1.807) is 13.8 Å². The van der Waals surface area contributed by atoms with E-state index in [9.17, 15) is 9.59 Å². The monoisotopic (exact) mass is 562 g/mol. The Balaban J connectivity index is 1.64. The fourth-order valence-electron chi connectivity index (χ4n) is 3.47. The van der Waals surface area contributed by atoms with E-state index in [1.165, 1.54) is 45.3 Å². The smallest absolute Gasteiger partial charge is 0.350 e. The molecule has 1 aliphatic heterocycles. The number of fused-ring (bicyclic) bond motifs is 8. The number of carbonyl (C=O) groups is 2. The van der Waals surface area contributed by atoms with Crippen molar-refractivity contribution in [1.29, 1.82) is 0 Å². The minimum absolute atomic E-state index is 0.151. The minimum Gasteiger partial charge on any atom is -0.462 e.